The van der Waals surface area contributed by atoms with E-state index in [9.17, 15) is 0 Å². The summed E-state index contributed by atoms with van der Waals surface area (Å²) in [6.07, 6.45) is 3.79. The number of likely N-dealkylation sites (tertiary alicyclic amines) is 1. The number of fused-ring (bicyclic) bond motifs is 3. The van der Waals surface area contributed by atoms with E-state index in [1.54, 1.807) is 0 Å². The number of nitrogens with zero attached hydrogens (tertiary/aromatic N) is 2. The second-order valence-electron chi connectivity index (χ2n) is 7.48. The highest BCUT2D eigenvalue weighted by atomic mass is 32.1. The number of hydrogen-bond acceptors (Lipinski definition) is 3. The molecule has 4 nitrogen and oxygen atoms in total. The molecule has 3 aliphatic rings. The van der Waals surface area contributed by atoms with Gasteiger partial charge in [-0.3, -0.25) is 0 Å². The van der Waals surface area contributed by atoms with Crippen LogP contribution in [0.2, 0.25) is 0 Å². The zero-order chi connectivity index (χ0) is 16.7. The number of aryl methyl sites for hydroxylation is 1. The Kier molecular flexibility index (Phi) is 4.50. The highest BCUT2D eigenvalue weighted by Crippen LogP contribution is 2.44. The number of benzene rings is 1. The maximum atomic E-state index is 5.80. The quantitative estimate of drug-likeness (QED) is 0.832. The van der Waals surface area contributed by atoms with Gasteiger partial charge in [-0.15, -0.1) is 0 Å². The molecule has 0 aliphatic carbocycles. The van der Waals surface area contributed by atoms with Gasteiger partial charge in [0.15, 0.2) is 5.11 Å². The lowest BCUT2D eigenvalue weighted by molar-refractivity contribution is 0.114. The second kappa shape index (κ2) is 6.62. The lowest BCUT2D eigenvalue weighted by Gasteiger charge is -2.37. The van der Waals surface area contributed by atoms with Crippen molar-refractivity contribution in [1.82, 2.24) is 10.2 Å². The predicted octanol–water partition coefficient (Wildman–Crippen LogP) is 2.66. The van der Waals surface area contributed by atoms with Crippen molar-refractivity contribution in [3.63, 3.8) is 0 Å². The van der Waals surface area contributed by atoms with Crippen LogP contribution in [0.4, 0.5) is 5.69 Å². The van der Waals surface area contributed by atoms with Crippen molar-refractivity contribution in [3.8, 4) is 0 Å². The third-order valence-electron chi connectivity index (χ3n) is 5.68. The van der Waals surface area contributed by atoms with Gasteiger partial charge in [-0.25, -0.2) is 0 Å². The van der Waals surface area contributed by atoms with Crippen molar-refractivity contribution in [2.45, 2.75) is 44.2 Å². The molecule has 5 heteroatoms. The summed E-state index contributed by atoms with van der Waals surface area (Å²) < 4.78 is 5.72. The van der Waals surface area contributed by atoms with E-state index in [1.807, 2.05) is 0 Å². The molecule has 4 rings (SSSR count). The first kappa shape index (κ1) is 16.3. The third kappa shape index (κ3) is 2.93. The van der Waals surface area contributed by atoms with Crippen LogP contribution in [0.25, 0.3) is 0 Å². The molecule has 1 aromatic carbocycles. The van der Waals surface area contributed by atoms with Crippen LogP contribution in [0.1, 0.15) is 36.3 Å². The van der Waals surface area contributed by atoms with E-state index in [0.717, 1.165) is 44.2 Å². The number of hydrogen-bond donors (Lipinski definition) is 1. The monoisotopic (exact) mass is 345 g/mol. The van der Waals surface area contributed by atoms with E-state index in [0.29, 0.717) is 18.1 Å². The van der Waals surface area contributed by atoms with E-state index < -0.39 is 0 Å². The molecule has 0 spiro atoms. The topological polar surface area (TPSA) is 27.7 Å². The minimum atomic E-state index is 0.316. The zero-order valence-electron chi connectivity index (χ0n) is 14.6. The average molecular weight is 346 g/mol. The molecule has 0 amide bonds. The van der Waals surface area contributed by atoms with Crippen LogP contribution in [0.3, 0.4) is 0 Å². The summed E-state index contributed by atoms with van der Waals surface area (Å²) in [5, 5.41) is 4.35. The number of nitrogens with one attached hydrogen (secondary N) is 1. The summed E-state index contributed by atoms with van der Waals surface area (Å²) in [5.74, 6) is 0.557. The number of likely N-dealkylation sites (N-methyl/N-ethyl adjacent to an activating group) is 1. The van der Waals surface area contributed by atoms with Crippen LogP contribution < -0.4 is 10.2 Å². The first-order valence-corrected chi connectivity index (χ1v) is 9.52. The molecule has 0 saturated carbocycles. The minimum absolute atomic E-state index is 0.316. The summed E-state index contributed by atoms with van der Waals surface area (Å²) in [6.45, 7) is 6.15. The highest BCUT2D eigenvalue weighted by molar-refractivity contribution is 7.80. The van der Waals surface area contributed by atoms with Gasteiger partial charge in [0.05, 0.1) is 6.10 Å². The number of anilines is 1. The fourth-order valence-corrected chi connectivity index (χ4v) is 4.75. The van der Waals surface area contributed by atoms with Gasteiger partial charge < -0.3 is 19.9 Å². The fourth-order valence-electron chi connectivity index (χ4n) is 4.44. The lowest BCUT2D eigenvalue weighted by atomic mass is 9.89. The molecule has 24 heavy (non-hydrogen) atoms. The maximum Gasteiger partial charge on any atom is 0.173 e. The summed E-state index contributed by atoms with van der Waals surface area (Å²) in [6, 6.07) is 7.30. The van der Waals surface area contributed by atoms with Gasteiger partial charge >= 0.3 is 0 Å². The van der Waals surface area contributed by atoms with Gasteiger partial charge in [-0.1, -0.05) is 17.7 Å². The van der Waals surface area contributed by atoms with E-state index >= 15 is 0 Å². The third-order valence-corrected chi connectivity index (χ3v) is 6.02. The molecule has 2 fully saturated rings. The molecule has 0 aromatic heterocycles. The molecule has 3 heterocycles. The van der Waals surface area contributed by atoms with Crippen molar-refractivity contribution in [3.05, 3.63) is 29.3 Å². The SMILES string of the molecule is Cc1ccc2c(c1)C1CN(C)CCC1N2C(=S)NCC1CCCO1. The zero-order valence-corrected chi connectivity index (χ0v) is 15.4. The normalized spacial score (nSPS) is 29.4. The Morgan fingerprint density at radius 3 is 3.04 bits per heavy atom. The van der Waals surface area contributed by atoms with Gasteiger partial charge in [-0.2, -0.15) is 0 Å². The smallest absolute Gasteiger partial charge is 0.173 e. The van der Waals surface area contributed by atoms with Gasteiger partial charge in [0.2, 0.25) is 0 Å². The molecule has 130 valence electrons. The Balaban J connectivity index is 1.56. The second-order valence-corrected chi connectivity index (χ2v) is 7.86. The standard InChI is InChI=1S/C19H27N3OS/c1-13-5-6-17-15(10-13)16-12-21(2)8-7-18(16)22(17)19(24)20-11-14-4-3-9-23-14/h5-6,10,14,16,18H,3-4,7-9,11-12H2,1-2H3,(H,20,24). The number of thiocarbonyl (C=S) groups is 1. The molecule has 0 radical (unpaired) electrons. The fraction of sp³-hybridized carbons (Fsp3) is 0.632. The Labute approximate surface area is 150 Å². The van der Waals surface area contributed by atoms with Crippen molar-refractivity contribution in [1.29, 1.82) is 0 Å². The molecule has 1 aromatic rings. The van der Waals surface area contributed by atoms with E-state index in [2.05, 4.69) is 47.3 Å². The van der Waals surface area contributed by atoms with Crippen molar-refractivity contribution in [2.75, 3.05) is 38.2 Å². The number of piperidine rings is 1. The Morgan fingerprint density at radius 2 is 2.25 bits per heavy atom. The van der Waals surface area contributed by atoms with E-state index in [-0.39, 0.29) is 0 Å². The summed E-state index contributed by atoms with van der Waals surface area (Å²) >= 11 is 5.80. The predicted molar refractivity (Wildman–Crippen MR) is 102 cm³/mol. The highest BCUT2D eigenvalue weighted by Gasteiger charge is 2.42. The molecular weight excluding hydrogens is 318 g/mol. The lowest BCUT2D eigenvalue weighted by Crippen LogP contribution is -2.51. The Hall–Kier alpha value is -1.17. The van der Waals surface area contributed by atoms with Crippen LogP contribution in [0.5, 0.6) is 0 Å². The van der Waals surface area contributed by atoms with Crippen molar-refractivity contribution in [2.24, 2.45) is 0 Å². The van der Waals surface area contributed by atoms with Crippen LogP contribution in [0.15, 0.2) is 18.2 Å². The number of ether oxygens (including phenoxy) is 1. The Morgan fingerprint density at radius 1 is 1.38 bits per heavy atom. The van der Waals surface area contributed by atoms with Crippen molar-refractivity contribution >= 4 is 23.0 Å². The van der Waals surface area contributed by atoms with Gasteiger partial charge in [-0.05, 0) is 63.6 Å². The van der Waals surface area contributed by atoms with E-state index in [1.165, 1.54) is 23.2 Å². The van der Waals surface area contributed by atoms with Crippen LogP contribution in [-0.4, -0.2) is 55.4 Å². The Bertz CT molecular complexity index is 629. The molecule has 0 bridgehead atoms. The first-order valence-electron chi connectivity index (χ1n) is 9.11. The molecule has 3 unspecified atom stereocenters. The van der Waals surface area contributed by atoms with Crippen LogP contribution in [0, 0.1) is 6.92 Å². The summed E-state index contributed by atoms with van der Waals surface area (Å²) in [4.78, 5) is 4.83. The largest absolute Gasteiger partial charge is 0.376 e. The summed E-state index contributed by atoms with van der Waals surface area (Å²) in [7, 11) is 2.22. The molecule has 1 N–H and O–H groups in total. The number of rotatable bonds is 2. The van der Waals surface area contributed by atoms with Gasteiger partial charge in [0, 0.05) is 37.3 Å². The molecule has 3 atom stereocenters. The van der Waals surface area contributed by atoms with Gasteiger partial charge in [0.1, 0.15) is 0 Å². The first-order chi connectivity index (χ1) is 11.6. The average Bonchev–Trinajstić information content (AvgIpc) is 3.18. The van der Waals surface area contributed by atoms with Crippen LogP contribution in [-0.2, 0) is 4.74 Å². The molecular formula is C19H27N3OS. The minimum Gasteiger partial charge on any atom is -0.376 e. The van der Waals surface area contributed by atoms with Gasteiger partial charge in [0.25, 0.3) is 0 Å². The van der Waals surface area contributed by atoms with E-state index in [4.69, 9.17) is 17.0 Å². The maximum absolute atomic E-state index is 5.80. The molecule has 2 saturated heterocycles. The van der Waals surface area contributed by atoms with Crippen molar-refractivity contribution < 1.29 is 4.74 Å². The molecule has 3 aliphatic heterocycles. The summed E-state index contributed by atoms with van der Waals surface area (Å²) in [5.41, 5.74) is 4.10. The van der Waals surface area contributed by atoms with Crippen LogP contribution >= 0.6 is 12.2 Å².